The van der Waals surface area contributed by atoms with Crippen molar-refractivity contribution >= 4 is 0 Å². The molecule has 1 aromatic rings. The Balaban J connectivity index is 2.81. The topological polar surface area (TPSA) is 38.9 Å². The minimum Gasteiger partial charge on any atom is -0.330 e. The molecule has 0 fully saturated rings. The summed E-state index contributed by atoms with van der Waals surface area (Å²) in [5, 5.41) is 0. The predicted molar refractivity (Wildman–Crippen MR) is 49.5 cm³/mol. The van der Waals surface area contributed by atoms with Crippen molar-refractivity contribution in [3.8, 4) is 11.8 Å². The van der Waals surface area contributed by atoms with Gasteiger partial charge in [-0.1, -0.05) is 5.92 Å². The fourth-order valence-corrected chi connectivity index (χ4v) is 0.839. The van der Waals surface area contributed by atoms with Gasteiger partial charge in [0.05, 0.1) is 5.69 Å². The molecular formula is C10H11FN2. The normalized spacial score (nSPS) is 9.15. The first-order valence-electron chi connectivity index (χ1n) is 4.06. The van der Waals surface area contributed by atoms with Crippen LogP contribution in [0.2, 0.25) is 0 Å². The molecule has 0 aliphatic carbocycles. The van der Waals surface area contributed by atoms with Gasteiger partial charge in [0.2, 0.25) is 0 Å². The molecule has 0 amide bonds. The molecule has 1 heterocycles. The van der Waals surface area contributed by atoms with Gasteiger partial charge in [-0.25, -0.2) is 9.37 Å². The average Bonchev–Trinajstić information content (AvgIpc) is 2.12. The maximum Gasteiger partial charge on any atom is 0.144 e. The number of hydrogen-bond donors (Lipinski definition) is 1. The van der Waals surface area contributed by atoms with Gasteiger partial charge in [-0.05, 0) is 25.0 Å². The molecule has 2 nitrogen and oxygen atoms in total. The maximum atomic E-state index is 12.8. The lowest BCUT2D eigenvalue weighted by atomic mass is 10.3. The van der Waals surface area contributed by atoms with Crippen LogP contribution in [0.25, 0.3) is 0 Å². The van der Waals surface area contributed by atoms with E-state index in [1.807, 2.05) is 0 Å². The summed E-state index contributed by atoms with van der Waals surface area (Å²) in [6.45, 7) is 2.15. The van der Waals surface area contributed by atoms with Gasteiger partial charge in [-0.3, -0.25) is 0 Å². The zero-order valence-corrected chi connectivity index (χ0v) is 7.47. The van der Waals surface area contributed by atoms with E-state index in [2.05, 4.69) is 16.8 Å². The van der Waals surface area contributed by atoms with E-state index >= 15 is 0 Å². The standard InChI is InChI=1S/C10H11FN2/c1-8-10(11)6-5-9(13-8)4-2-3-7-12/h5-6H,3,7,12H2,1H3. The van der Waals surface area contributed by atoms with Crippen LogP contribution in [0.15, 0.2) is 12.1 Å². The molecular weight excluding hydrogens is 167 g/mol. The van der Waals surface area contributed by atoms with E-state index in [1.54, 1.807) is 13.0 Å². The van der Waals surface area contributed by atoms with E-state index in [-0.39, 0.29) is 5.82 Å². The van der Waals surface area contributed by atoms with Crippen LogP contribution < -0.4 is 5.73 Å². The number of pyridine rings is 1. The van der Waals surface area contributed by atoms with Crippen LogP contribution >= 0.6 is 0 Å². The number of rotatable bonds is 1. The Morgan fingerprint density at radius 1 is 1.54 bits per heavy atom. The van der Waals surface area contributed by atoms with Gasteiger partial charge in [0.1, 0.15) is 11.5 Å². The molecule has 0 saturated carbocycles. The molecule has 0 bridgehead atoms. The third kappa shape index (κ3) is 2.85. The minimum absolute atomic E-state index is 0.302. The number of aromatic nitrogens is 1. The third-order valence-corrected chi connectivity index (χ3v) is 1.51. The van der Waals surface area contributed by atoms with Crippen molar-refractivity contribution in [2.45, 2.75) is 13.3 Å². The lowest BCUT2D eigenvalue weighted by Gasteiger charge is -1.94. The van der Waals surface area contributed by atoms with Crippen molar-refractivity contribution in [3.63, 3.8) is 0 Å². The van der Waals surface area contributed by atoms with Crippen LogP contribution in [-0.4, -0.2) is 11.5 Å². The summed E-state index contributed by atoms with van der Waals surface area (Å²) in [5.41, 5.74) is 6.23. The molecule has 0 saturated heterocycles. The summed E-state index contributed by atoms with van der Waals surface area (Å²) in [7, 11) is 0. The van der Waals surface area contributed by atoms with Gasteiger partial charge < -0.3 is 5.73 Å². The first kappa shape index (κ1) is 9.69. The zero-order chi connectivity index (χ0) is 9.68. The highest BCUT2D eigenvalue weighted by Gasteiger charge is 1.97. The molecule has 0 spiro atoms. The van der Waals surface area contributed by atoms with E-state index in [0.29, 0.717) is 24.4 Å². The van der Waals surface area contributed by atoms with Crippen molar-refractivity contribution in [2.75, 3.05) is 6.54 Å². The third-order valence-electron chi connectivity index (χ3n) is 1.51. The molecule has 1 aromatic heterocycles. The van der Waals surface area contributed by atoms with Crippen molar-refractivity contribution in [1.29, 1.82) is 0 Å². The fourth-order valence-electron chi connectivity index (χ4n) is 0.839. The van der Waals surface area contributed by atoms with Gasteiger partial charge >= 0.3 is 0 Å². The van der Waals surface area contributed by atoms with Gasteiger partial charge in [0, 0.05) is 13.0 Å². The largest absolute Gasteiger partial charge is 0.330 e. The molecule has 0 atom stereocenters. The molecule has 0 unspecified atom stereocenters. The number of aryl methyl sites for hydroxylation is 1. The molecule has 1 rings (SSSR count). The van der Waals surface area contributed by atoms with Crippen LogP contribution in [0.5, 0.6) is 0 Å². The maximum absolute atomic E-state index is 12.8. The van der Waals surface area contributed by atoms with E-state index in [1.165, 1.54) is 6.07 Å². The van der Waals surface area contributed by atoms with Gasteiger partial charge in [0.25, 0.3) is 0 Å². The van der Waals surface area contributed by atoms with Crippen molar-refractivity contribution in [3.05, 3.63) is 29.3 Å². The van der Waals surface area contributed by atoms with Crippen LogP contribution in [0.3, 0.4) is 0 Å². The van der Waals surface area contributed by atoms with Crippen molar-refractivity contribution < 1.29 is 4.39 Å². The number of nitrogens with two attached hydrogens (primary N) is 1. The number of hydrogen-bond acceptors (Lipinski definition) is 2. The first-order valence-corrected chi connectivity index (χ1v) is 4.06. The monoisotopic (exact) mass is 178 g/mol. The second kappa shape index (κ2) is 4.58. The minimum atomic E-state index is -0.302. The van der Waals surface area contributed by atoms with E-state index < -0.39 is 0 Å². The number of nitrogens with zero attached hydrogens (tertiary/aromatic N) is 1. The van der Waals surface area contributed by atoms with Crippen molar-refractivity contribution in [1.82, 2.24) is 4.98 Å². The Morgan fingerprint density at radius 2 is 2.31 bits per heavy atom. The van der Waals surface area contributed by atoms with E-state index in [4.69, 9.17) is 5.73 Å². The van der Waals surface area contributed by atoms with E-state index in [0.717, 1.165) is 0 Å². The molecule has 13 heavy (non-hydrogen) atoms. The first-order chi connectivity index (χ1) is 6.24. The molecule has 0 aromatic carbocycles. The quantitative estimate of drug-likeness (QED) is 0.657. The van der Waals surface area contributed by atoms with Crippen molar-refractivity contribution in [2.24, 2.45) is 5.73 Å². The fraction of sp³-hybridized carbons (Fsp3) is 0.300. The highest BCUT2D eigenvalue weighted by Crippen LogP contribution is 2.02. The number of halogens is 1. The molecule has 68 valence electrons. The Hall–Kier alpha value is -1.40. The highest BCUT2D eigenvalue weighted by atomic mass is 19.1. The van der Waals surface area contributed by atoms with E-state index in [9.17, 15) is 4.39 Å². The summed E-state index contributed by atoms with van der Waals surface area (Å²) >= 11 is 0. The Labute approximate surface area is 77.0 Å². The van der Waals surface area contributed by atoms with Crippen LogP contribution in [0.1, 0.15) is 17.8 Å². The van der Waals surface area contributed by atoms with Crippen LogP contribution in [0, 0.1) is 24.6 Å². The Bertz CT molecular complexity index is 350. The summed E-state index contributed by atoms with van der Waals surface area (Å²) in [5.74, 6) is 5.34. The van der Waals surface area contributed by atoms with Crippen LogP contribution in [-0.2, 0) is 0 Å². The second-order valence-corrected chi connectivity index (χ2v) is 2.60. The lowest BCUT2D eigenvalue weighted by Crippen LogP contribution is -1.96. The van der Waals surface area contributed by atoms with Gasteiger partial charge in [-0.15, -0.1) is 0 Å². The zero-order valence-electron chi connectivity index (χ0n) is 7.47. The summed E-state index contributed by atoms with van der Waals surface area (Å²) < 4.78 is 12.8. The summed E-state index contributed by atoms with van der Waals surface area (Å²) in [6, 6.07) is 2.93. The van der Waals surface area contributed by atoms with Crippen LogP contribution in [0.4, 0.5) is 4.39 Å². The SMILES string of the molecule is Cc1nc(C#CCCN)ccc1F. The molecule has 3 heteroatoms. The van der Waals surface area contributed by atoms with Gasteiger partial charge in [-0.2, -0.15) is 0 Å². The Morgan fingerprint density at radius 3 is 2.92 bits per heavy atom. The Kier molecular flexibility index (Phi) is 3.41. The molecule has 2 N–H and O–H groups in total. The predicted octanol–water partition coefficient (Wildman–Crippen LogP) is 1.23. The lowest BCUT2D eigenvalue weighted by molar-refractivity contribution is 0.609. The highest BCUT2D eigenvalue weighted by molar-refractivity contribution is 5.28. The van der Waals surface area contributed by atoms with Gasteiger partial charge in [0.15, 0.2) is 0 Å². The summed E-state index contributed by atoms with van der Waals surface area (Å²) in [6.07, 6.45) is 0.637. The smallest absolute Gasteiger partial charge is 0.144 e. The summed E-state index contributed by atoms with van der Waals surface area (Å²) in [4.78, 5) is 3.96. The second-order valence-electron chi connectivity index (χ2n) is 2.60. The molecule has 0 aliphatic heterocycles. The molecule has 0 radical (unpaired) electrons. The molecule has 0 aliphatic rings. The average molecular weight is 178 g/mol.